The van der Waals surface area contributed by atoms with Crippen LogP contribution in [0.2, 0.25) is 0 Å². The Morgan fingerprint density at radius 1 is 0.673 bits per heavy atom. The number of carbonyl (C=O) groups is 2. The van der Waals surface area contributed by atoms with Crippen LogP contribution in [0, 0.1) is 0 Å². The van der Waals surface area contributed by atoms with Crippen molar-refractivity contribution in [3.05, 3.63) is 0 Å². The lowest BCUT2D eigenvalue weighted by molar-refractivity contribution is -0.345. The van der Waals surface area contributed by atoms with Gasteiger partial charge in [0.25, 0.3) is 0 Å². The van der Waals surface area contributed by atoms with Crippen LogP contribution in [0.25, 0.3) is 0 Å². The summed E-state index contributed by atoms with van der Waals surface area (Å²) in [5.41, 5.74) is 0. The average Bonchev–Trinajstić information content (AvgIpc) is 3.25. The molecule has 0 aromatic heterocycles. The summed E-state index contributed by atoms with van der Waals surface area (Å²) >= 11 is 0. The second kappa shape index (κ2) is 16.2. The minimum atomic E-state index is -5.61. The van der Waals surface area contributed by atoms with E-state index in [0.717, 1.165) is 6.92 Å². The maximum Gasteiger partial charge on any atom is 0.397 e. The Balaban J connectivity index is 1.98. The molecule has 0 spiro atoms. The largest absolute Gasteiger partial charge is 0.479 e. The summed E-state index contributed by atoms with van der Waals surface area (Å²) in [4.78, 5) is 24.1. The van der Waals surface area contributed by atoms with Crippen LogP contribution in [0.3, 0.4) is 0 Å². The SMILES string of the molecule is CC(=O)N[C@H]1[C@H](O[C@H]2[C@H](O)[C@@H](OS(=O)(=O)O)[C@H](O[C@H]3[C@H](O)[C@@H](CO)O[C@@H]3COS(=O)(=O)O)O[C@H]2C(=O)O)O[C@H](COS(=O)(=O)O)[C@@H](O)[C@@H]1O. The molecule has 0 unspecified atom stereocenters. The molecule has 3 fully saturated rings. The van der Waals surface area contributed by atoms with E-state index in [1.165, 1.54) is 0 Å². The molecule has 3 heterocycles. The number of aliphatic hydroxyl groups excluding tert-OH is 5. The molecule has 3 saturated heterocycles. The fourth-order valence-electron chi connectivity index (χ4n) is 4.99. The lowest BCUT2D eigenvalue weighted by atomic mass is 9.95. The van der Waals surface area contributed by atoms with Crippen LogP contribution in [0.15, 0.2) is 0 Å². The standard InChI is InChI=1S/C20H33NO25S3/c1-5(23)21-9-12(26)10(24)7(3-39-47(30,31)32)42-19(9)44-15-13(27)16(46-49(36,37)38)20(45-17(15)18(28)29)43-14-8(4-40-48(33,34)35)41-6(2-22)11(14)25/h6-17,19-20,22,24-27H,2-4H2,1H3,(H,21,23)(H,28,29)(H,30,31,32)(H,33,34,35)(H,36,37,38)/t6-,7-,8-,9-,10-,11-,12-,13+,14-,15+,16-,17-,19+,20-/m1/s1. The maximum absolute atomic E-state index is 12.3. The third-order valence-electron chi connectivity index (χ3n) is 7.03. The van der Waals surface area contributed by atoms with Gasteiger partial charge in [-0.3, -0.25) is 18.5 Å². The lowest BCUT2D eigenvalue weighted by Gasteiger charge is -2.47. The molecule has 3 aliphatic rings. The van der Waals surface area contributed by atoms with Crippen molar-refractivity contribution >= 4 is 43.1 Å². The van der Waals surface area contributed by atoms with Crippen molar-refractivity contribution in [2.75, 3.05) is 19.8 Å². The predicted molar refractivity (Wildman–Crippen MR) is 144 cm³/mol. The molecule has 1 amide bonds. The molecule has 14 atom stereocenters. The molecule has 0 saturated carbocycles. The molecule has 0 aliphatic carbocycles. The Labute approximate surface area is 276 Å². The van der Waals surface area contributed by atoms with Crippen LogP contribution in [0.1, 0.15) is 6.92 Å². The molecule has 0 aromatic carbocycles. The lowest BCUT2D eigenvalue weighted by Crippen LogP contribution is -2.68. The molecule has 29 heteroatoms. The fraction of sp³-hybridized carbons (Fsp3) is 0.900. The van der Waals surface area contributed by atoms with Crippen molar-refractivity contribution in [2.24, 2.45) is 0 Å². The van der Waals surface area contributed by atoms with Crippen LogP contribution in [-0.2, 0) is 77.0 Å². The molecular weight excluding hydrogens is 750 g/mol. The zero-order valence-corrected chi connectivity index (χ0v) is 26.9. The third kappa shape index (κ3) is 11.3. The first-order chi connectivity index (χ1) is 22.4. The van der Waals surface area contributed by atoms with Gasteiger partial charge in [-0.2, -0.15) is 25.3 Å². The van der Waals surface area contributed by atoms with Crippen LogP contribution in [-0.4, -0.2) is 187 Å². The maximum atomic E-state index is 12.3. The van der Waals surface area contributed by atoms with Crippen molar-refractivity contribution in [2.45, 2.75) is 92.7 Å². The van der Waals surface area contributed by atoms with Crippen molar-refractivity contribution in [1.82, 2.24) is 5.32 Å². The Kier molecular flexibility index (Phi) is 13.8. The molecule has 26 nitrogen and oxygen atoms in total. The van der Waals surface area contributed by atoms with Gasteiger partial charge >= 0.3 is 37.2 Å². The minimum absolute atomic E-state index is 0.914. The zero-order valence-electron chi connectivity index (χ0n) is 24.5. The van der Waals surface area contributed by atoms with E-state index in [2.05, 4.69) is 17.9 Å². The summed E-state index contributed by atoms with van der Waals surface area (Å²) in [6.45, 7) is -2.35. The van der Waals surface area contributed by atoms with Crippen molar-refractivity contribution in [3.63, 3.8) is 0 Å². The topological polar surface area (TPSA) is 405 Å². The molecule has 3 aliphatic heterocycles. The van der Waals surface area contributed by atoms with E-state index >= 15 is 0 Å². The highest BCUT2D eigenvalue weighted by Crippen LogP contribution is 2.35. The number of carboxylic acid groups (broad SMARTS) is 1. The molecule has 3 rings (SSSR count). The first kappa shape index (κ1) is 41.6. The van der Waals surface area contributed by atoms with Crippen LogP contribution in [0.4, 0.5) is 0 Å². The molecule has 0 bridgehead atoms. The van der Waals surface area contributed by atoms with Gasteiger partial charge in [-0.15, -0.1) is 0 Å². The normalized spacial score (nSPS) is 39.0. The zero-order chi connectivity index (χ0) is 37.2. The summed E-state index contributed by atoms with van der Waals surface area (Å²) in [6, 6.07) is -1.85. The van der Waals surface area contributed by atoms with E-state index in [-0.39, 0.29) is 0 Å². The van der Waals surface area contributed by atoms with E-state index < -0.39 is 149 Å². The van der Waals surface area contributed by atoms with E-state index in [4.69, 9.17) is 32.8 Å². The highest BCUT2D eigenvalue weighted by Gasteiger charge is 2.57. The van der Waals surface area contributed by atoms with Crippen LogP contribution >= 0.6 is 0 Å². The number of hydrogen-bond donors (Lipinski definition) is 10. The second-order valence-corrected chi connectivity index (χ2v) is 13.7. The van der Waals surface area contributed by atoms with E-state index in [0.29, 0.717) is 0 Å². The molecule has 0 aromatic rings. The number of nitrogens with one attached hydrogen (secondary N) is 1. The van der Waals surface area contributed by atoms with E-state index in [9.17, 15) is 70.0 Å². The van der Waals surface area contributed by atoms with Gasteiger partial charge in [0, 0.05) is 6.92 Å². The number of ether oxygens (including phenoxy) is 5. The number of carboxylic acids is 1. The Morgan fingerprint density at radius 2 is 1.22 bits per heavy atom. The van der Waals surface area contributed by atoms with Gasteiger partial charge in [0.05, 0.1) is 19.8 Å². The third-order valence-corrected chi connectivity index (χ3v) is 8.36. The van der Waals surface area contributed by atoms with Gasteiger partial charge in [0.15, 0.2) is 24.8 Å². The van der Waals surface area contributed by atoms with E-state index in [1.807, 2.05) is 0 Å². The molecule has 10 N–H and O–H groups in total. The highest BCUT2D eigenvalue weighted by atomic mass is 32.3. The summed E-state index contributed by atoms with van der Waals surface area (Å²) in [5, 5.41) is 64.3. The Hall–Kier alpha value is -1.85. The van der Waals surface area contributed by atoms with Gasteiger partial charge in [-0.05, 0) is 0 Å². The number of amides is 1. The van der Waals surface area contributed by atoms with Gasteiger partial charge < -0.3 is 59.6 Å². The summed E-state index contributed by atoms with van der Waals surface area (Å²) in [5.74, 6) is -2.92. The summed E-state index contributed by atoms with van der Waals surface area (Å²) in [7, 11) is -15.9. The van der Waals surface area contributed by atoms with Gasteiger partial charge in [0.2, 0.25) is 5.91 Å². The minimum Gasteiger partial charge on any atom is -0.479 e. The van der Waals surface area contributed by atoms with Gasteiger partial charge in [-0.1, -0.05) is 0 Å². The van der Waals surface area contributed by atoms with Crippen molar-refractivity contribution in [3.8, 4) is 0 Å². The number of rotatable bonds is 15. The monoisotopic (exact) mass is 783 g/mol. The number of hydrogen-bond acceptors (Lipinski definition) is 21. The summed E-state index contributed by atoms with van der Waals surface area (Å²) in [6.07, 6.45) is -27.9. The fourth-order valence-corrected chi connectivity index (χ4v) is 6.08. The molecule has 49 heavy (non-hydrogen) atoms. The van der Waals surface area contributed by atoms with Gasteiger partial charge in [0.1, 0.15) is 61.0 Å². The van der Waals surface area contributed by atoms with Crippen LogP contribution in [0.5, 0.6) is 0 Å². The molecule has 286 valence electrons. The first-order valence-corrected chi connectivity index (χ1v) is 17.5. The Morgan fingerprint density at radius 3 is 1.71 bits per heavy atom. The highest BCUT2D eigenvalue weighted by molar-refractivity contribution is 7.81. The van der Waals surface area contributed by atoms with Crippen molar-refractivity contribution < 1.29 is 115 Å². The van der Waals surface area contributed by atoms with Crippen molar-refractivity contribution in [1.29, 1.82) is 0 Å². The molecule has 0 radical (unpaired) electrons. The average molecular weight is 784 g/mol. The van der Waals surface area contributed by atoms with Crippen LogP contribution < -0.4 is 5.32 Å². The quantitative estimate of drug-likeness (QED) is 0.0690. The summed E-state index contributed by atoms with van der Waals surface area (Å²) < 4.78 is 134. The number of aliphatic carboxylic acids is 1. The number of aliphatic hydroxyl groups is 5. The first-order valence-electron chi connectivity index (χ1n) is 13.4. The van der Waals surface area contributed by atoms with E-state index in [1.54, 1.807) is 0 Å². The predicted octanol–water partition coefficient (Wildman–Crippen LogP) is -7.17. The second-order valence-electron chi connectivity index (χ2n) is 10.5. The number of carbonyl (C=O) groups excluding carboxylic acids is 1. The van der Waals surface area contributed by atoms with Gasteiger partial charge in [-0.25, -0.2) is 17.3 Å². The molecular formula is C20H33NO25S3. The Bertz CT molecular complexity index is 1490. The smallest absolute Gasteiger partial charge is 0.397 e.